The molecule has 0 radical (unpaired) electrons. The minimum Gasteiger partial charge on any atom is -0.508 e. The molecule has 11 heteroatoms. The Balaban J connectivity index is 1.64. The highest BCUT2D eigenvalue weighted by atomic mass is 16.5. The zero-order valence-electron chi connectivity index (χ0n) is 26.2. The number of methoxy groups -OCH3 is 4. The molecule has 0 saturated heterocycles. The third kappa shape index (κ3) is 8.69. The molecule has 240 valence electrons. The van der Waals surface area contributed by atoms with Gasteiger partial charge in [-0.3, -0.25) is 14.4 Å². The van der Waals surface area contributed by atoms with Gasteiger partial charge in [0.05, 0.1) is 35.0 Å². The Labute approximate surface area is 267 Å². The van der Waals surface area contributed by atoms with Crippen LogP contribution < -0.4 is 24.3 Å². The SMILES string of the molecule is COc1ccc(NC(=O)CN(Cc2ccc(O)cc2OC)C(=O)CN(Cc2ccc(OC)cc2OC)C(=O)c2ccccc2)cc1. The highest BCUT2D eigenvalue weighted by molar-refractivity contribution is 5.98. The van der Waals surface area contributed by atoms with Crippen molar-refractivity contribution in [3.63, 3.8) is 0 Å². The van der Waals surface area contributed by atoms with Gasteiger partial charge in [0.2, 0.25) is 11.8 Å². The fourth-order valence-corrected chi connectivity index (χ4v) is 4.76. The molecule has 0 aliphatic heterocycles. The summed E-state index contributed by atoms with van der Waals surface area (Å²) in [6, 6.07) is 25.2. The average molecular weight is 628 g/mol. The van der Waals surface area contributed by atoms with Crippen molar-refractivity contribution in [2.24, 2.45) is 0 Å². The van der Waals surface area contributed by atoms with Crippen LogP contribution in [0.1, 0.15) is 21.5 Å². The van der Waals surface area contributed by atoms with Crippen molar-refractivity contribution in [3.8, 4) is 28.7 Å². The predicted molar refractivity (Wildman–Crippen MR) is 172 cm³/mol. The number of nitrogens with one attached hydrogen (secondary N) is 1. The van der Waals surface area contributed by atoms with Gasteiger partial charge in [-0.25, -0.2) is 0 Å². The van der Waals surface area contributed by atoms with Crippen LogP contribution in [0.15, 0.2) is 91.0 Å². The minimum atomic E-state index is -0.489. The molecule has 4 aromatic carbocycles. The Morgan fingerprint density at radius 3 is 1.87 bits per heavy atom. The number of benzene rings is 4. The fourth-order valence-electron chi connectivity index (χ4n) is 4.76. The van der Waals surface area contributed by atoms with Crippen molar-refractivity contribution in [1.82, 2.24) is 9.80 Å². The molecule has 0 spiro atoms. The molecule has 46 heavy (non-hydrogen) atoms. The van der Waals surface area contributed by atoms with Crippen molar-refractivity contribution in [3.05, 3.63) is 108 Å². The van der Waals surface area contributed by atoms with E-state index in [1.165, 1.54) is 36.2 Å². The maximum Gasteiger partial charge on any atom is 0.254 e. The number of hydrogen-bond donors (Lipinski definition) is 2. The van der Waals surface area contributed by atoms with E-state index >= 15 is 0 Å². The van der Waals surface area contributed by atoms with E-state index in [4.69, 9.17) is 18.9 Å². The van der Waals surface area contributed by atoms with E-state index in [0.717, 1.165) is 0 Å². The lowest BCUT2D eigenvalue weighted by atomic mass is 10.1. The second-order valence-electron chi connectivity index (χ2n) is 10.2. The number of nitrogens with zero attached hydrogens (tertiary/aromatic N) is 2. The summed E-state index contributed by atoms with van der Waals surface area (Å²) in [7, 11) is 6.05. The first-order valence-corrected chi connectivity index (χ1v) is 14.4. The first kappa shape index (κ1) is 33.2. The largest absolute Gasteiger partial charge is 0.508 e. The van der Waals surface area contributed by atoms with Crippen molar-refractivity contribution >= 4 is 23.4 Å². The number of carbonyl (C=O) groups excluding carboxylic acids is 3. The number of anilines is 1. The van der Waals surface area contributed by atoms with Crippen LogP contribution >= 0.6 is 0 Å². The van der Waals surface area contributed by atoms with Crippen LogP contribution in [0.4, 0.5) is 5.69 Å². The summed E-state index contributed by atoms with van der Waals surface area (Å²) >= 11 is 0. The molecule has 0 unspecified atom stereocenters. The van der Waals surface area contributed by atoms with E-state index < -0.39 is 11.8 Å². The van der Waals surface area contributed by atoms with Gasteiger partial charge in [-0.05, 0) is 60.7 Å². The number of aromatic hydroxyl groups is 1. The molecule has 0 atom stereocenters. The lowest BCUT2D eigenvalue weighted by Crippen LogP contribution is -2.45. The zero-order valence-corrected chi connectivity index (χ0v) is 26.2. The van der Waals surface area contributed by atoms with Crippen LogP contribution in [0.2, 0.25) is 0 Å². The van der Waals surface area contributed by atoms with Gasteiger partial charge in [0, 0.05) is 41.1 Å². The molecule has 0 heterocycles. The van der Waals surface area contributed by atoms with E-state index in [0.29, 0.717) is 45.4 Å². The lowest BCUT2D eigenvalue weighted by molar-refractivity contribution is -0.136. The van der Waals surface area contributed by atoms with E-state index in [9.17, 15) is 19.5 Å². The molecule has 2 N–H and O–H groups in total. The van der Waals surface area contributed by atoms with Crippen molar-refractivity contribution in [2.45, 2.75) is 13.1 Å². The van der Waals surface area contributed by atoms with Gasteiger partial charge in [0.25, 0.3) is 5.91 Å². The number of carbonyl (C=O) groups is 3. The van der Waals surface area contributed by atoms with Gasteiger partial charge >= 0.3 is 0 Å². The second-order valence-corrected chi connectivity index (χ2v) is 10.2. The Morgan fingerprint density at radius 2 is 1.24 bits per heavy atom. The first-order valence-electron chi connectivity index (χ1n) is 14.4. The van der Waals surface area contributed by atoms with Gasteiger partial charge in [-0.2, -0.15) is 0 Å². The topological polar surface area (TPSA) is 127 Å². The molecular weight excluding hydrogens is 590 g/mol. The quantitative estimate of drug-likeness (QED) is 0.205. The number of hydrogen-bond acceptors (Lipinski definition) is 8. The van der Waals surface area contributed by atoms with Crippen molar-refractivity contribution in [1.29, 1.82) is 0 Å². The molecule has 11 nitrogen and oxygen atoms in total. The standard InChI is InChI=1S/C35H37N3O8/c1-43-29-16-12-27(13-17-29)36-33(40)22-37(20-25-10-14-28(39)18-31(25)45-3)34(41)23-38(35(42)24-8-6-5-7-9-24)21-26-11-15-30(44-2)19-32(26)46-4/h5-19,39H,20-23H2,1-4H3,(H,36,40). The minimum absolute atomic E-state index is 0.0104. The Bertz CT molecular complexity index is 1640. The summed E-state index contributed by atoms with van der Waals surface area (Å²) in [5, 5.41) is 12.8. The molecule has 0 saturated carbocycles. The number of phenols is 1. The highest BCUT2D eigenvalue weighted by Crippen LogP contribution is 2.28. The summed E-state index contributed by atoms with van der Waals surface area (Å²) in [6.07, 6.45) is 0. The van der Waals surface area contributed by atoms with Crippen LogP contribution in [0.3, 0.4) is 0 Å². The maximum absolute atomic E-state index is 14.1. The lowest BCUT2D eigenvalue weighted by Gasteiger charge is -2.28. The number of ether oxygens (including phenoxy) is 4. The average Bonchev–Trinajstić information content (AvgIpc) is 3.08. The fraction of sp³-hybridized carbons (Fsp3) is 0.229. The highest BCUT2D eigenvalue weighted by Gasteiger charge is 2.26. The zero-order chi connectivity index (χ0) is 33.1. The van der Waals surface area contributed by atoms with Gasteiger partial charge in [-0.1, -0.05) is 18.2 Å². The molecule has 0 aromatic heterocycles. The Hall–Kier alpha value is -5.71. The molecule has 0 fully saturated rings. The smallest absolute Gasteiger partial charge is 0.254 e. The summed E-state index contributed by atoms with van der Waals surface area (Å²) in [4.78, 5) is 43.9. The molecule has 0 aliphatic rings. The van der Waals surface area contributed by atoms with Crippen LogP contribution in [0.25, 0.3) is 0 Å². The maximum atomic E-state index is 14.1. The van der Waals surface area contributed by atoms with Crippen LogP contribution in [0, 0.1) is 0 Å². The molecular formula is C35H37N3O8. The van der Waals surface area contributed by atoms with Crippen molar-refractivity contribution in [2.75, 3.05) is 46.8 Å². The molecule has 4 aromatic rings. The van der Waals surface area contributed by atoms with Crippen molar-refractivity contribution < 1.29 is 38.4 Å². The van der Waals surface area contributed by atoms with Gasteiger partial charge in [0.15, 0.2) is 0 Å². The summed E-state index contributed by atoms with van der Waals surface area (Å²) in [5.41, 5.74) is 2.13. The Kier molecular flexibility index (Phi) is 11.4. The molecule has 3 amide bonds. The molecule has 4 rings (SSSR count). The van der Waals surface area contributed by atoms with Gasteiger partial charge < -0.3 is 39.2 Å². The summed E-state index contributed by atoms with van der Waals surface area (Å²) in [6.45, 7) is -0.661. The van der Waals surface area contributed by atoms with E-state index in [1.807, 2.05) is 0 Å². The van der Waals surface area contributed by atoms with E-state index in [1.54, 1.807) is 93.1 Å². The van der Waals surface area contributed by atoms with E-state index in [2.05, 4.69) is 5.32 Å². The normalized spacial score (nSPS) is 10.4. The first-order chi connectivity index (χ1) is 22.2. The molecule has 0 aliphatic carbocycles. The monoisotopic (exact) mass is 627 g/mol. The summed E-state index contributed by atoms with van der Waals surface area (Å²) in [5.74, 6) is 0.711. The Morgan fingerprint density at radius 1 is 0.652 bits per heavy atom. The second kappa shape index (κ2) is 15.8. The number of amides is 3. The third-order valence-electron chi connectivity index (χ3n) is 7.18. The van der Waals surface area contributed by atoms with Gasteiger partial charge in [0.1, 0.15) is 41.8 Å². The number of phenolic OH excluding ortho intramolecular Hbond substituents is 1. The van der Waals surface area contributed by atoms with Crippen LogP contribution in [-0.2, 0) is 22.7 Å². The van der Waals surface area contributed by atoms with Crippen LogP contribution in [-0.4, -0.2) is 74.2 Å². The molecule has 0 bridgehead atoms. The third-order valence-corrected chi connectivity index (χ3v) is 7.18. The van der Waals surface area contributed by atoms with Crippen LogP contribution in [0.5, 0.6) is 28.7 Å². The van der Waals surface area contributed by atoms with E-state index in [-0.39, 0.29) is 37.8 Å². The number of rotatable bonds is 14. The predicted octanol–water partition coefficient (Wildman–Crippen LogP) is 4.74. The van der Waals surface area contributed by atoms with Gasteiger partial charge in [-0.15, -0.1) is 0 Å². The summed E-state index contributed by atoms with van der Waals surface area (Å²) < 4.78 is 21.5.